The van der Waals surface area contributed by atoms with Gasteiger partial charge in [0.15, 0.2) is 5.96 Å². The van der Waals surface area contributed by atoms with E-state index >= 15 is 0 Å². The number of hydrogen-bond donors (Lipinski definition) is 8. The fourth-order valence-corrected chi connectivity index (χ4v) is 2.60. The van der Waals surface area contributed by atoms with Crippen LogP contribution in [0.15, 0.2) is 4.99 Å². The summed E-state index contributed by atoms with van der Waals surface area (Å²) in [6.45, 7) is 3.12. The van der Waals surface area contributed by atoms with E-state index in [0.717, 1.165) is 0 Å². The summed E-state index contributed by atoms with van der Waals surface area (Å²) in [6, 6.07) is -3.61. The maximum absolute atomic E-state index is 12.8. The predicted molar refractivity (Wildman–Crippen MR) is 114 cm³/mol. The molecule has 3 atom stereocenters. The Kier molecular flexibility index (Phi) is 13.0. The largest absolute Gasteiger partial charge is 0.481 e. The highest BCUT2D eigenvalue weighted by Gasteiger charge is 2.31. The van der Waals surface area contributed by atoms with E-state index in [1.165, 1.54) is 0 Å². The van der Waals surface area contributed by atoms with Crippen molar-refractivity contribution in [2.24, 2.45) is 28.1 Å². The van der Waals surface area contributed by atoms with E-state index in [1.54, 1.807) is 13.8 Å². The van der Waals surface area contributed by atoms with E-state index in [-0.39, 0.29) is 31.9 Å². The van der Waals surface area contributed by atoms with Gasteiger partial charge >= 0.3 is 11.9 Å². The first-order chi connectivity index (χ1) is 14.9. The number of carbonyl (C=O) groups is 5. The highest BCUT2D eigenvalue weighted by atomic mass is 16.4. The predicted octanol–water partition coefficient (Wildman–Crippen LogP) is -2.94. The van der Waals surface area contributed by atoms with Crippen LogP contribution >= 0.6 is 0 Å². The normalized spacial score (nSPS) is 13.4. The van der Waals surface area contributed by atoms with Gasteiger partial charge in [-0.1, -0.05) is 13.8 Å². The van der Waals surface area contributed by atoms with Crippen molar-refractivity contribution in [2.45, 2.75) is 57.7 Å². The molecule has 0 aromatic heterocycles. The molecule has 0 aliphatic rings. The number of amides is 3. The summed E-state index contributed by atoms with van der Waals surface area (Å²) in [5, 5.41) is 25.2. The first-order valence-electron chi connectivity index (χ1n) is 9.99. The van der Waals surface area contributed by atoms with Gasteiger partial charge in [-0.05, 0) is 25.2 Å². The zero-order valence-corrected chi connectivity index (χ0v) is 18.2. The molecule has 0 radical (unpaired) electrons. The average Bonchev–Trinajstić information content (AvgIpc) is 2.69. The summed E-state index contributed by atoms with van der Waals surface area (Å²) in [4.78, 5) is 62.9. The van der Waals surface area contributed by atoms with Crippen LogP contribution in [0.1, 0.15) is 39.5 Å². The number of carboxylic acid groups (broad SMARTS) is 2. The SMILES string of the molecule is CC(C)C(NC(=O)C(CCCN=C(N)N)NC(=O)CN)C(=O)NC(CCC(=O)O)C(=O)O. The quantitative estimate of drug-likeness (QED) is 0.0702. The Balaban J connectivity index is 5.30. The van der Waals surface area contributed by atoms with Crippen LogP contribution in [0, 0.1) is 5.92 Å². The number of rotatable bonds is 15. The lowest BCUT2D eigenvalue weighted by Crippen LogP contribution is -2.57. The van der Waals surface area contributed by atoms with E-state index in [1.807, 2.05) is 0 Å². The third kappa shape index (κ3) is 11.7. The second-order valence-corrected chi connectivity index (χ2v) is 7.34. The van der Waals surface area contributed by atoms with Crippen molar-refractivity contribution < 1.29 is 34.2 Å². The molecule has 182 valence electrons. The second-order valence-electron chi connectivity index (χ2n) is 7.34. The van der Waals surface area contributed by atoms with Crippen molar-refractivity contribution in [2.75, 3.05) is 13.1 Å². The topological polar surface area (TPSA) is 252 Å². The van der Waals surface area contributed by atoms with Crippen LogP contribution in [0.2, 0.25) is 0 Å². The minimum Gasteiger partial charge on any atom is -0.481 e. The molecule has 32 heavy (non-hydrogen) atoms. The summed E-state index contributed by atoms with van der Waals surface area (Å²) < 4.78 is 0. The fraction of sp³-hybridized carbons (Fsp3) is 0.667. The van der Waals surface area contributed by atoms with Crippen LogP contribution in [0.25, 0.3) is 0 Å². The molecule has 0 spiro atoms. The van der Waals surface area contributed by atoms with Gasteiger partial charge < -0.3 is 43.4 Å². The Morgan fingerprint density at radius 1 is 0.906 bits per heavy atom. The van der Waals surface area contributed by atoms with Crippen molar-refractivity contribution in [3.05, 3.63) is 0 Å². The lowest BCUT2D eigenvalue weighted by atomic mass is 10.0. The molecule has 3 amide bonds. The molecule has 0 heterocycles. The number of guanidine groups is 1. The van der Waals surface area contributed by atoms with Crippen LogP contribution in [0.3, 0.4) is 0 Å². The van der Waals surface area contributed by atoms with Crippen LogP contribution in [0.4, 0.5) is 0 Å². The third-order valence-corrected chi connectivity index (χ3v) is 4.29. The Morgan fingerprint density at radius 3 is 2.00 bits per heavy atom. The number of nitrogens with zero attached hydrogens (tertiary/aromatic N) is 1. The van der Waals surface area contributed by atoms with Crippen LogP contribution < -0.4 is 33.2 Å². The number of carbonyl (C=O) groups excluding carboxylic acids is 3. The summed E-state index contributed by atoms with van der Waals surface area (Å²) in [5.41, 5.74) is 15.8. The minimum atomic E-state index is -1.44. The number of carboxylic acids is 2. The van der Waals surface area contributed by atoms with Gasteiger partial charge in [-0.15, -0.1) is 0 Å². The van der Waals surface area contributed by atoms with E-state index in [9.17, 15) is 29.1 Å². The van der Waals surface area contributed by atoms with Gasteiger partial charge in [-0.25, -0.2) is 4.79 Å². The Morgan fingerprint density at radius 2 is 1.53 bits per heavy atom. The number of nitrogens with two attached hydrogens (primary N) is 3. The molecule has 14 nitrogen and oxygen atoms in total. The Hall–Kier alpha value is -3.42. The van der Waals surface area contributed by atoms with Crippen LogP contribution in [0.5, 0.6) is 0 Å². The van der Waals surface area contributed by atoms with E-state index < -0.39 is 60.1 Å². The van der Waals surface area contributed by atoms with Crippen LogP contribution in [-0.2, 0) is 24.0 Å². The van der Waals surface area contributed by atoms with Crippen molar-refractivity contribution in [1.29, 1.82) is 0 Å². The van der Waals surface area contributed by atoms with Gasteiger partial charge in [-0.3, -0.25) is 24.2 Å². The number of aliphatic imine (C=N–C) groups is 1. The van der Waals surface area contributed by atoms with E-state index in [2.05, 4.69) is 20.9 Å². The summed E-state index contributed by atoms with van der Waals surface area (Å²) in [7, 11) is 0. The second kappa shape index (κ2) is 14.6. The molecular weight excluding hydrogens is 426 g/mol. The monoisotopic (exact) mass is 459 g/mol. The van der Waals surface area contributed by atoms with Crippen LogP contribution in [-0.4, -0.2) is 77.0 Å². The van der Waals surface area contributed by atoms with Gasteiger partial charge in [0.2, 0.25) is 17.7 Å². The highest BCUT2D eigenvalue weighted by molar-refractivity contribution is 5.93. The van der Waals surface area contributed by atoms with Crippen molar-refractivity contribution >= 4 is 35.6 Å². The maximum atomic E-state index is 12.8. The average molecular weight is 460 g/mol. The van der Waals surface area contributed by atoms with Gasteiger partial charge in [0, 0.05) is 13.0 Å². The van der Waals surface area contributed by atoms with E-state index in [0.29, 0.717) is 6.42 Å². The molecule has 0 saturated carbocycles. The standard InChI is InChI=1S/C18H33N7O7/c1-9(2)14(16(30)24-11(17(31)32)5-6-13(27)28)25-15(29)10(23-12(26)8-19)4-3-7-22-18(20)21/h9-11,14H,3-8,19H2,1-2H3,(H,23,26)(H,24,30)(H,25,29)(H,27,28)(H,31,32)(H4,20,21,22). The molecule has 14 heteroatoms. The molecule has 11 N–H and O–H groups in total. The first kappa shape index (κ1) is 28.6. The summed E-state index contributed by atoms with van der Waals surface area (Å²) >= 11 is 0. The maximum Gasteiger partial charge on any atom is 0.326 e. The molecule has 3 unspecified atom stereocenters. The van der Waals surface area contributed by atoms with Gasteiger partial charge in [0.1, 0.15) is 18.1 Å². The molecule has 0 aromatic rings. The zero-order valence-electron chi connectivity index (χ0n) is 18.2. The lowest BCUT2D eigenvalue weighted by Gasteiger charge is -2.26. The molecule has 0 aliphatic carbocycles. The first-order valence-corrected chi connectivity index (χ1v) is 9.99. The van der Waals surface area contributed by atoms with Crippen molar-refractivity contribution in [3.63, 3.8) is 0 Å². The van der Waals surface area contributed by atoms with Crippen molar-refractivity contribution in [3.8, 4) is 0 Å². The van der Waals surface area contributed by atoms with Crippen molar-refractivity contribution in [1.82, 2.24) is 16.0 Å². The van der Waals surface area contributed by atoms with Gasteiger partial charge in [0.25, 0.3) is 0 Å². The molecule has 0 saturated heterocycles. The summed E-state index contributed by atoms with van der Waals surface area (Å²) in [5.74, 6) is -5.24. The Labute approximate surface area is 185 Å². The number of aliphatic carboxylic acids is 2. The Bertz CT molecular complexity index is 708. The summed E-state index contributed by atoms with van der Waals surface area (Å²) in [6.07, 6.45) is -0.291. The van der Waals surface area contributed by atoms with Gasteiger partial charge in [0.05, 0.1) is 6.54 Å². The highest BCUT2D eigenvalue weighted by Crippen LogP contribution is 2.07. The number of nitrogens with one attached hydrogen (secondary N) is 3. The minimum absolute atomic E-state index is 0.121. The molecular formula is C18H33N7O7. The molecule has 0 rings (SSSR count). The molecule has 0 aromatic carbocycles. The fourth-order valence-electron chi connectivity index (χ4n) is 2.60. The molecule has 0 bridgehead atoms. The molecule has 0 fully saturated rings. The van der Waals surface area contributed by atoms with E-state index in [4.69, 9.17) is 22.3 Å². The zero-order chi connectivity index (χ0) is 24.8. The lowest BCUT2D eigenvalue weighted by molar-refractivity contribution is -0.143. The molecule has 0 aliphatic heterocycles. The third-order valence-electron chi connectivity index (χ3n) is 4.29. The van der Waals surface area contributed by atoms with Gasteiger partial charge in [-0.2, -0.15) is 0 Å². The number of hydrogen-bond acceptors (Lipinski definition) is 7. The smallest absolute Gasteiger partial charge is 0.326 e.